The highest BCUT2D eigenvalue weighted by atomic mass is 16.5. The Bertz CT molecular complexity index is 739. The molecule has 0 saturated carbocycles. The SMILES string of the molecule is CN1CC(CN2CCC(Cn3nc4c(cc3=O)CCCC4)CC2)OCC1=O. The topological polar surface area (TPSA) is 67.7 Å². The van der Waals surface area contributed by atoms with E-state index in [0.29, 0.717) is 12.5 Å². The van der Waals surface area contributed by atoms with Crippen LogP contribution >= 0.6 is 0 Å². The Morgan fingerprint density at radius 1 is 1.15 bits per heavy atom. The van der Waals surface area contributed by atoms with Crippen molar-refractivity contribution in [2.24, 2.45) is 5.92 Å². The molecule has 3 aliphatic rings. The molecule has 4 rings (SSSR count). The number of rotatable bonds is 4. The van der Waals surface area contributed by atoms with Crippen LogP contribution in [0.1, 0.15) is 36.9 Å². The molecule has 148 valence electrons. The molecule has 0 bridgehead atoms. The number of piperidine rings is 1. The van der Waals surface area contributed by atoms with Crippen LogP contribution in [-0.4, -0.2) is 71.4 Å². The Balaban J connectivity index is 1.28. The highest BCUT2D eigenvalue weighted by Crippen LogP contribution is 2.21. The normalized spacial score (nSPS) is 24.9. The van der Waals surface area contributed by atoms with Gasteiger partial charge in [0.15, 0.2) is 0 Å². The Hall–Kier alpha value is -1.73. The molecule has 0 aromatic carbocycles. The van der Waals surface area contributed by atoms with Gasteiger partial charge >= 0.3 is 0 Å². The average Bonchev–Trinajstić information content (AvgIpc) is 2.67. The Labute approximate surface area is 160 Å². The summed E-state index contributed by atoms with van der Waals surface area (Å²) in [5.41, 5.74) is 2.35. The fraction of sp³-hybridized carbons (Fsp3) is 0.750. The van der Waals surface area contributed by atoms with Gasteiger partial charge in [0, 0.05) is 32.7 Å². The lowest BCUT2D eigenvalue weighted by Crippen LogP contribution is -2.50. The lowest BCUT2D eigenvalue weighted by molar-refractivity contribution is -0.148. The fourth-order valence-corrected chi connectivity index (χ4v) is 4.49. The van der Waals surface area contributed by atoms with Gasteiger partial charge in [0.1, 0.15) is 6.61 Å². The van der Waals surface area contributed by atoms with Gasteiger partial charge in [0.05, 0.1) is 11.8 Å². The number of hydrogen-bond donors (Lipinski definition) is 0. The van der Waals surface area contributed by atoms with Gasteiger partial charge < -0.3 is 14.5 Å². The number of aryl methyl sites for hydroxylation is 2. The molecule has 2 fully saturated rings. The first kappa shape index (κ1) is 18.6. The van der Waals surface area contributed by atoms with Crippen LogP contribution in [0.4, 0.5) is 0 Å². The Kier molecular flexibility index (Phi) is 5.59. The summed E-state index contributed by atoms with van der Waals surface area (Å²) in [6, 6.07) is 1.81. The van der Waals surface area contributed by atoms with Crippen LogP contribution < -0.4 is 5.56 Å². The van der Waals surface area contributed by atoms with Crippen LogP contribution in [0.5, 0.6) is 0 Å². The summed E-state index contributed by atoms with van der Waals surface area (Å²) in [6.45, 7) is 4.51. The standard InChI is InChI=1S/C20H30N4O3/c1-22-12-17(27-14-20(22)26)13-23-8-6-15(7-9-23)11-24-19(25)10-16-4-2-3-5-18(16)21-24/h10,15,17H,2-9,11-14H2,1H3. The summed E-state index contributed by atoms with van der Waals surface area (Å²) >= 11 is 0. The summed E-state index contributed by atoms with van der Waals surface area (Å²) in [7, 11) is 1.84. The number of likely N-dealkylation sites (N-methyl/N-ethyl adjacent to an activating group) is 1. The van der Waals surface area contributed by atoms with Crippen molar-refractivity contribution in [3.8, 4) is 0 Å². The number of fused-ring (bicyclic) bond motifs is 1. The van der Waals surface area contributed by atoms with E-state index < -0.39 is 0 Å². The molecule has 2 aliphatic heterocycles. The lowest BCUT2D eigenvalue weighted by atomic mass is 9.95. The van der Waals surface area contributed by atoms with E-state index in [1.54, 1.807) is 9.58 Å². The van der Waals surface area contributed by atoms with Crippen molar-refractivity contribution in [3.63, 3.8) is 0 Å². The fourth-order valence-electron chi connectivity index (χ4n) is 4.49. The van der Waals surface area contributed by atoms with E-state index in [2.05, 4.69) is 10.00 Å². The van der Waals surface area contributed by atoms with Crippen molar-refractivity contribution >= 4 is 5.91 Å². The molecule has 2 saturated heterocycles. The number of nitrogens with zero attached hydrogens (tertiary/aromatic N) is 4. The van der Waals surface area contributed by atoms with E-state index in [0.717, 1.165) is 63.1 Å². The highest BCUT2D eigenvalue weighted by Gasteiger charge is 2.27. The molecular weight excluding hydrogens is 344 g/mol. The van der Waals surface area contributed by atoms with Crippen molar-refractivity contribution in [1.82, 2.24) is 19.6 Å². The number of ether oxygens (including phenoxy) is 1. The van der Waals surface area contributed by atoms with Gasteiger partial charge in [-0.05, 0) is 63.1 Å². The van der Waals surface area contributed by atoms with Gasteiger partial charge in [-0.2, -0.15) is 5.10 Å². The first-order chi connectivity index (χ1) is 13.1. The van der Waals surface area contributed by atoms with Crippen molar-refractivity contribution in [2.75, 3.05) is 39.8 Å². The minimum absolute atomic E-state index is 0.0568. The molecular formula is C20H30N4O3. The van der Waals surface area contributed by atoms with Gasteiger partial charge in [-0.3, -0.25) is 9.59 Å². The third-order valence-electron chi connectivity index (χ3n) is 6.22. The van der Waals surface area contributed by atoms with E-state index in [1.807, 2.05) is 13.1 Å². The van der Waals surface area contributed by atoms with E-state index in [9.17, 15) is 9.59 Å². The summed E-state index contributed by atoms with van der Waals surface area (Å²) in [6.07, 6.45) is 6.62. The van der Waals surface area contributed by atoms with Gasteiger partial charge in [0.25, 0.3) is 5.56 Å². The monoisotopic (exact) mass is 374 g/mol. The molecule has 1 unspecified atom stereocenters. The molecule has 1 atom stereocenters. The van der Waals surface area contributed by atoms with Crippen LogP contribution in [-0.2, 0) is 28.9 Å². The van der Waals surface area contributed by atoms with Crippen molar-refractivity contribution in [3.05, 3.63) is 27.7 Å². The summed E-state index contributed by atoms with van der Waals surface area (Å²) < 4.78 is 7.37. The molecule has 1 aromatic rings. The van der Waals surface area contributed by atoms with Gasteiger partial charge in [-0.1, -0.05) is 0 Å². The predicted molar refractivity (Wildman–Crippen MR) is 102 cm³/mol. The number of carbonyl (C=O) groups excluding carboxylic acids is 1. The second-order valence-corrected chi connectivity index (χ2v) is 8.29. The Morgan fingerprint density at radius 3 is 2.70 bits per heavy atom. The molecule has 1 aliphatic carbocycles. The van der Waals surface area contributed by atoms with E-state index in [4.69, 9.17) is 4.74 Å². The lowest BCUT2D eigenvalue weighted by Gasteiger charge is -2.37. The van der Waals surface area contributed by atoms with Crippen molar-refractivity contribution < 1.29 is 9.53 Å². The van der Waals surface area contributed by atoms with Gasteiger partial charge in [0.2, 0.25) is 5.91 Å². The smallest absolute Gasteiger partial charge is 0.267 e. The molecule has 3 heterocycles. The number of likely N-dealkylation sites (tertiary alicyclic amines) is 1. The molecule has 7 nitrogen and oxygen atoms in total. The van der Waals surface area contributed by atoms with Crippen LogP contribution in [0.3, 0.4) is 0 Å². The zero-order valence-corrected chi connectivity index (χ0v) is 16.2. The number of amides is 1. The third-order valence-corrected chi connectivity index (χ3v) is 6.22. The van der Waals surface area contributed by atoms with Crippen molar-refractivity contribution in [1.29, 1.82) is 0 Å². The predicted octanol–water partition coefficient (Wildman–Crippen LogP) is 0.691. The molecule has 7 heteroatoms. The van der Waals surface area contributed by atoms with Crippen LogP contribution in [0.2, 0.25) is 0 Å². The zero-order valence-electron chi connectivity index (χ0n) is 16.2. The molecule has 0 radical (unpaired) electrons. The third kappa shape index (κ3) is 4.41. The number of carbonyl (C=O) groups is 1. The first-order valence-corrected chi connectivity index (χ1v) is 10.3. The van der Waals surface area contributed by atoms with Crippen LogP contribution in [0, 0.1) is 5.92 Å². The maximum Gasteiger partial charge on any atom is 0.267 e. The Morgan fingerprint density at radius 2 is 1.93 bits per heavy atom. The second kappa shape index (κ2) is 8.10. The molecule has 0 spiro atoms. The first-order valence-electron chi connectivity index (χ1n) is 10.3. The van der Waals surface area contributed by atoms with Crippen LogP contribution in [0.25, 0.3) is 0 Å². The minimum atomic E-state index is 0.0568. The van der Waals surface area contributed by atoms with Gasteiger partial charge in [-0.15, -0.1) is 0 Å². The molecule has 1 amide bonds. The quantitative estimate of drug-likeness (QED) is 0.776. The second-order valence-electron chi connectivity index (χ2n) is 8.29. The minimum Gasteiger partial charge on any atom is -0.365 e. The summed E-state index contributed by atoms with van der Waals surface area (Å²) in [4.78, 5) is 28.1. The van der Waals surface area contributed by atoms with Crippen molar-refractivity contribution in [2.45, 2.75) is 51.2 Å². The number of hydrogen-bond acceptors (Lipinski definition) is 5. The van der Waals surface area contributed by atoms with Gasteiger partial charge in [-0.25, -0.2) is 4.68 Å². The summed E-state index contributed by atoms with van der Waals surface area (Å²) in [5.74, 6) is 0.567. The maximum absolute atomic E-state index is 12.4. The molecule has 1 aromatic heterocycles. The number of aromatic nitrogens is 2. The highest BCUT2D eigenvalue weighted by molar-refractivity contribution is 5.77. The maximum atomic E-state index is 12.4. The summed E-state index contributed by atoms with van der Waals surface area (Å²) in [5, 5.41) is 4.67. The molecule has 0 N–H and O–H groups in total. The van der Waals surface area contributed by atoms with E-state index in [1.165, 1.54) is 12.8 Å². The van der Waals surface area contributed by atoms with E-state index in [-0.39, 0.29) is 24.2 Å². The molecule has 27 heavy (non-hydrogen) atoms. The number of morpholine rings is 1. The zero-order chi connectivity index (χ0) is 18.8. The average molecular weight is 374 g/mol. The van der Waals surface area contributed by atoms with Crippen LogP contribution in [0.15, 0.2) is 10.9 Å². The van der Waals surface area contributed by atoms with E-state index >= 15 is 0 Å². The largest absolute Gasteiger partial charge is 0.365 e.